The Morgan fingerprint density at radius 3 is 2.56 bits per heavy atom. The summed E-state index contributed by atoms with van der Waals surface area (Å²) in [4.78, 5) is 13.9. The van der Waals surface area contributed by atoms with E-state index in [1.807, 2.05) is 13.1 Å². The lowest BCUT2D eigenvalue weighted by molar-refractivity contribution is 0.885. The quantitative estimate of drug-likeness (QED) is 0.867. The number of nitrogen functional groups attached to an aromatic ring is 1. The van der Waals surface area contributed by atoms with Crippen molar-refractivity contribution in [2.45, 2.75) is 26.7 Å². The number of aryl methyl sites for hydroxylation is 1. The summed E-state index contributed by atoms with van der Waals surface area (Å²) in [5.41, 5.74) is 6.68. The van der Waals surface area contributed by atoms with Crippen LogP contribution >= 0.6 is 11.3 Å². The first-order chi connectivity index (χ1) is 7.58. The summed E-state index contributed by atoms with van der Waals surface area (Å²) in [6.07, 6.45) is 3.63. The van der Waals surface area contributed by atoms with E-state index in [0.717, 1.165) is 10.6 Å². The van der Waals surface area contributed by atoms with E-state index < -0.39 is 0 Å². The van der Waals surface area contributed by atoms with Crippen LogP contribution < -0.4 is 5.73 Å². The van der Waals surface area contributed by atoms with Crippen molar-refractivity contribution in [3.63, 3.8) is 0 Å². The zero-order valence-corrected chi connectivity index (χ0v) is 10.4. The molecule has 2 heterocycles. The van der Waals surface area contributed by atoms with E-state index in [1.165, 1.54) is 4.88 Å². The van der Waals surface area contributed by atoms with E-state index in [9.17, 15) is 0 Å². The first-order valence-corrected chi connectivity index (χ1v) is 5.94. The van der Waals surface area contributed by atoms with Crippen molar-refractivity contribution in [3.05, 3.63) is 23.1 Å². The van der Waals surface area contributed by atoms with Crippen LogP contribution in [-0.4, -0.2) is 15.0 Å². The molecule has 0 aliphatic carbocycles. The van der Waals surface area contributed by atoms with Gasteiger partial charge in [0.15, 0.2) is 0 Å². The van der Waals surface area contributed by atoms with Crippen LogP contribution in [0.5, 0.6) is 0 Å². The van der Waals surface area contributed by atoms with Gasteiger partial charge in [-0.05, 0) is 12.8 Å². The van der Waals surface area contributed by atoms with Crippen LogP contribution in [0.25, 0.3) is 10.6 Å². The molecule has 0 radical (unpaired) electrons. The number of nitrogens with two attached hydrogens (primary N) is 1. The minimum absolute atomic E-state index is 0.485. The molecule has 0 spiro atoms. The molecule has 0 fully saturated rings. The van der Waals surface area contributed by atoms with E-state index in [-0.39, 0.29) is 0 Å². The molecule has 2 aromatic rings. The minimum Gasteiger partial charge on any atom is -0.383 e. The van der Waals surface area contributed by atoms with Crippen molar-refractivity contribution in [3.8, 4) is 10.6 Å². The summed E-state index contributed by atoms with van der Waals surface area (Å²) in [7, 11) is 0. The SMILES string of the molecule is Cc1ncc(-c2ncc(C(C)C)s2)c(N)n1. The van der Waals surface area contributed by atoms with Crippen LogP contribution in [0.2, 0.25) is 0 Å². The van der Waals surface area contributed by atoms with Gasteiger partial charge < -0.3 is 5.73 Å². The lowest BCUT2D eigenvalue weighted by atomic mass is 10.2. The summed E-state index contributed by atoms with van der Waals surface area (Å²) < 4.78 is 0. The van der Waals surface area contributed by atoms with Crippen LogP contribution in [0.15, 0.2) is 12.4 Å². The van der Waals surface area contributed by atoms with Gasteiger partial charge in [-0.25, -0.2) is 15.0 Å². The monoisotopic (exact) mass is 234 g/mol. The van der Waals surface area contributed by atoms with Crippen molar-refractivity contribution in [1.82, 2.24) is 15.0 Å². The highest BCUT2D eigenvalue weighted by molar-refractivity contribution is 7.15. The van der Waals surface area contributed by atoms with E-state index >= 15 is 0 Å². The maximum Gasteiger partial charge on any atom is 0.137 e. The van der Waals surface area contributed by atoms with Crippen molar-refractivity contribution in [2.24, 2.45) is 0 Å². The van der Waals surface area contributed by atoms with Crippen molar-refractivity contribution < 1.29 is 0 Å². The van der Waals surface area contributed by atoms with Crippen LogP contribution in [-0.2, 0) is 0 Å². The predicted molar refractivity (Wildman–Crippen MR) is 66.4 cm³/mol. The molecule has 84 valence electrons. The number of rotatable bonds is 2. The molecule has 0 saturated carbocycles. The van der Waals surface area contributed by atoms with E-state index in [4.69, 9.17) is 5.73 Å². The standard InChI is InChI=1S/C11H14N4S/c1-6(2)9-5-14-11(16-9)8-4-13-7(3)15-10(8)12/h4-6H,1-3H3,(H2,12,13,15). The number of anilines is 1. The Balaban J connectivity index is 2.42. The minimum atomic E-state index is 0.485. The van der Waals surface area contributed by atoms with Gasteiger partial charge in [-0.1, -0.05) is 13.8 Å². The molecule has 2 N–H and O–H groups in total. The van der Waals surface area contributed by atoms with Gasteiger partial charge in [0.25, 0.3) is 0 Å². The second-order valence-electron chi connectivity index (χ2n) is 3.94. The Morgan fingerprint density at radius 1 is 1.25 bits per heavy atom. The molecule has 0 aliphatic rings. The topological polar surface area (TPSA) is 64.7 Å². The zero-order chi connectivity index (χ0) is 11.7. The summed E-state index contributed by atoms with van der Waals surface area (Å²) >= 11 is 1.64. The Kier molecular flexibility index (Phi) is 2.87. The fourth-order valence-corrected chi connectivity index (χ4v) is 2.27. The first kappa shape index (κ1) is 11.0. The molecule has 0 amide bonds. The Hall–Kier alpha value is -1.49. The number of hydrogen-bond donors (Lipinski definition) is 1. The largest absolute Gasteiger partial charge is 0.383 e. The molecule has 0 aliphatic heterocycles. The average Bonchev–Trinajstić information content (AvgIpc) is 2.66. The molecule has 0 unspecified atom stereocenters. The molecule has 0 bridgehead atoms. The Morgan fingerprint density at radius 2 is 2.00 bits per heavy atom. The molecular weight excluding hydrogens is 220 g/mol. The number of nitrogens with zero attached hydrogens (tertiary/aromatic N) is 3. The molecular formula is C11H14N4S. The van der Waals surface area contributed by atoms with Crippen LogP contribution in [0.4, 0.5) is 5.82 Å². The third-order valence-electron chi connectivity index (χ3n) is 2.26. The van der Waals surface area contributed by atoms with E-state index in [0.29, 0.717) is 17.6 Å². The smallest absolute Gasteiger partial charge is 0.137 e. The van der Waals surface area contributed by atoms with Crippen LogP contribution in [0, 0.1) is 6.92 Å². The molecule has 5 heteroatoms. The molecule has 16 heavy (non-hydrogen) atoms. The summed E-state index contributed by atoms with van der Waals surface area (Å²) in [6, 6.07) is 0. The molecule has 0 aromatic carbocycles. The zero-order valence-electron chi connectivity index (χ0n) is 9.56. The maximum absolute atomic E-state index is 5.85. The first-order valence-electron chi connectivity index (χ1n) is 5.13. The van der Waals surface area contributed by atoms with Crippen molar-refractivity contribution in [2.75, 3.05) is 5.73 Å². The van der Waals surface area contributed by atoms with Crippen LogP contribution in [0.3, 0.4) is 0 Å². The van der Waals surface area contributed by atoms with Gasteiger partial charge in [0.05, 0.1) is 5.56 Å². The van der Waals surface area contributed by atoms with Gasteiger partial charge in [0.2, 0.25) is 0 Å². The van der Waals surface area contributed by atoms with Gasteiger partial charge >= 0.3 is 0 Å². The van der Waals surface area contributed by atoms with Gasteiger partial charge in [-0.2, -0.15) is 0 Å². The lowest BCUT2D eigenvalue weighted by Gasteiger charge is -2.01. The Bertz CT molecular complexity index is 504. The van der Waals surface area contributed by atoms with E-state index in [2.05, 4.69) is 28.8 Å². The lowest BCUT2D eigenvalue weighted by Crippen LogP contribution is -1.97. The second kappa shape index (κ2) is 4.17. The number of thiazole rings is 1. The number of aromatic nitrogens is 3. The molecule has 0 atom stereocenters. The van der Waals surface area contributed by atoms with Gasteiger partial charge in [-0.3, -0.25) is 0 Å². The highest BCUT2D eigenvalue weighted by Gasteiger charge is 2.11. The van der Waals surface area contributed by atoms with Gasteiger partial charge in [-0.15, -0.1) is 11.3 Å². The van der Waals surface area contributed by atoms with Crippen molar-refractivity contribution >= 4 is 17.2 Å². The highest BCUT2D eigenvalue weighted by Crippen LogP contribution is 2.31. The second-order valence-corrected chi connectivity index (χ2v) is 5.00. The normalized spacial score (nSPS) is 11.0. The predicted octanol–water partition coefficient (Wildman–Crippen LogP) is 2.61. The Labute approximate surface area is 98.6 Å². The van der Waals surface area contributed by atoms with E-state index in [1.54, 1.807) is 17.5 Å². The fraction of sp³-hybridized carbons (Fsp3) is 0.364. The summed E-state index contributed by atoms with van der Waals surface area (Å²) in [6.45, 7) is 6.11. The summed E-state index contributed by atoms with van der Waals surface area (Å²) in [5.74, 6) is 1.66. The molecule has 0 saturated heterocycles. The molecule has 2 rings (SSSR count). The number of hydrogen-bond acceptors (Lipinski definition) is 5. The fourth-order valence-electron chi connectivity index (χ4n) is 1.33. The van der Waals surface area contributed by atoms with Gasteiger partial charge in [0, 0.05) is 17.3 Å². The highest BCUT2D eigenvalue weighted by atomic mass is 32.1. The van der Waals surface area contributed by atoms with Crippen LogP contribution in [0.1, 0.15) is 30.5 Å². The third kappa shape index (κ3) is 2.04. The molecule has 4 nitrogen and oxygen atoms in total. The summed E-state index contributed by atoms with van der Waals surface area (Å²) in [5, 5.41) is 0.890. The third-order valence-corrected chi connectivity index (χ3v) is 3.59. The van der Waals surface area contributed by atoms with Crippen molar-refractivity contribution in [1.29, 1.82) is 0 Å². The molecule has 2 aromatic heterocycles. The maximum atomic E-state index is 5.85. The van der Waals surface area contributed by atoms with Gasteiger partial charge in [0.1, 0.15) is 16.6 Å². The average molecular weight is 234 g/mol.